The third-order valence-electron chi connectivity index (χ3n) is 6.66. The van der Waals surface area contributed by atoms with Gasteiger partial charge in [-0.05, 0) is 80.5 Å². The van der Waals surface area contributed by atoms with Crippen molar-refractivity contribution in [2.45, 2.75) is 52.4 Å². The third kappa shape index (κ3) is 4.24. The third-order valence-corrected chi connectivity index (χ3v) is 6.66. The molecule has 1 aromatic carbocycles. The van der Waals surface area contributed by atoms with Crippen molar-refractivity contribution in [2.24, 2.45) is 11.7 Å². The highest BCUT2D eigenvalue weighted by Crippen LogP contribution is 2.37. The summed E-state index contributed by atoms with van der Waals surface area (Å²) in [6.07, 6.45) is 4.03. The van der Waals surface area contributed by atoms with Crippen LogP contribution in [0, 0.1) is 12.8 Å². The Morgan fingerprint density at radius 3 is 2.77 bits per heavy atom. The van der Waals surface area contributed by atoms with E-state index in [1.54, 1.807) is 0 Å². The topological polar surface area (TPSA) is 75.0 Å². The van der Waals surface area contributed by atoms with Gasteiger partial charge in [0.2, 0.25) is 5.91 Å². The van der Waals surface area contributed by atoms with Crippen LogP contribution in [0.3, 0.4) is 0 Å². The molecule has 0 aliphatic carbocycles. The first kappa shape index (κ1) is 21.6. The molecule has 0 bridgehead atoms. The Morgan fingerprint density at radius 1 is 1.26 bits per heavy atom. The number of carbonyl (C=O) groups excluding carboxylic acids is 1. The highest BCUT2D eigenvalue weighted by atomic mass is 16.2. The summed E-state index contributed by atoms with van der Waals surface area (Å²) in [4.78, 5) is 23.2. The Morgan fingerprint density at radius 2 is 2.06 bits per heavy atom. The van der Waals surface area contributed by atoms with Gasteiger partial charge < -0.3 is 15.6 Å². The molecule has 0 saturated carbocycles. The van der Waals surface area contributed by atoms with Crippen LogP contribution in [0.25, 0.3) is 22.2 Å². The van der Waals surface area contributed by atoms with Crippen molar-refractivity contribution < 1.29 is 4.79 Å². The molecular formula is C26H34N4O. The molecule has 164 valence electrons. The maximum absolute atomic E-state index is 13.2. The minimum absolute atomic E-state index is 0.164. The van der Waals surface area contributed by atoms with Gasteiger partial charge in [-0.2, -0.15) is 0 Å². The number of hydrogen-bond donors (Lipinski definition) is 2. The summed E-state index contributed by atoms with van der Waals surface area (Å²) in [5.74, 6) is 0.827. The average molecular weight is 419 g/mol. The number of amides is 1. The lowest BCUT2D eigenvalue weighted by molar-refractivity contribution is -0.134. The molecule has 2 unspecified atom stereocenters. The number of H-pyrrole nitrogens is 1. The number of fused-ring (bicyclic) bond motifs is 1. The molecule has 3 heterocycles. The molecule has 1 amide bonds. The van der Waals surface area contributed by atoms with Gasteiger partial charge in [0.25, 0.3) is 0 Å². The summed E-state index contributed by atoms with van der Waals surface area (Å²) >= 11 is 0. The Labute approximate surface area is 185 Å². The van der Waals surface area contributed by atoms with Gasteiger partial charge >= 0.3 is 0 Å². The average Bonchev–Trinajstić information content (AvgIpc) is 3.17. The first-order valence-corrected chi connectivity index (χ1v) is 11.5. The van der Waals surface area contributed by atoms with Crippen LogP contribution in [-0.2, 0) is 4.79 Å². The molecule has 1 aliphatic heterocycles. The molecule has 5 heteroatoms. The van der Waals surface area contributed by atoms with E-state index in [1.165, 1.54) is 10.9 Å². The number of carbonyl (C=O) groups is 1. The molecule has 4 rings (SSSR count). The Bertz CT molecular complexity index is 1080. The number of benzene rings is 1. The van der Waals surface area contributed by atoms with Gasteiger partial charge in [0, 0.05) is 41.4 Å². The number of rotatable bonds is 5. The van der Waals surface area contributed by atoms with Crippen LogP contribution >= 0.6 is 0 Å². The zero-order chi connectivity index (χ0) is 22.1. The number of pyridine rings is 1. The highest BCUT2D eigenvalue weighted by molar-refractivity contribution is 5.93. The molecule has 1 aliphatic rings. The van der Waals surface area contributed by atoms with E-state index in [0.29, 0.717) is 18.4 Å². The predicted octanol–water partition coefficient (Wildman–Crippen LogP) is 4.96. The van der Waals surface area contributed by atoms with Gasteiger partial charge in [0.15, 0.2) is 0 Å². The van der Waals surface area contributed by atoms with Gasteiger partial charge in [-0.1, -0.05) is 19.9 Å². The number of likely N-dealkylation sites (tertiary alicyclic amines) is 1. The highest BCUT2D eigenvalue weighted by Gasteiger charge is 2.27. The summed E-state index contributed by atoms with van der Waals surface area (Å²) in [5.41, 5.74) is 12.7. The van der Waals surface area contributed by atoms with Crippen LogP contribution in [0.15, 0.2) is 36.5 Å². The predicted molar refractivity (Wildman–Crippen MR) is 127 cm³/mol. The van der Waals surface area contributed by atoms with E-state index in [4.69, 9.17) is 5.73 Å². The van der Waals surface area contributed by atoms with Crippen molar-refractivity contribution in [1.82, 2.24) is 14.9 Å². The van der Waals surface area contributed by atoms with Crippen molar-refractivity contribution in [2.75, 3.05) is 19.6 Å². The van der Waals surface area contributed by atoms with E-state index in [0.717, 1.165) is 54.0 Å². The summed E-state index contributed by atoms with van der Waals surface area (Å²) in [7, 11) is 0. The van der Waals surface area contributed by atoms with Crippen LogP contribution in [0.1, 0.15) is 62.3 Å². The second-order valence-corrected chi connectivity index (χ2v) is 9.31. The molecule has 5 nitrogen and oxygen atoms in total. The fraction of sp³-hybridized carbons (Fsp3) is 0.462. The summed E-state index contributed by atoms with van der Waals surface area (Å²) in [6.45, 7) is 10.8. The van der Waals surface area contributed by atoms with Gasteiger partial charge in [0.05, 0.1) is 11.6 Å². The molecule has 1 fully saturated rings. The minimum Gasteiger partial charge on any atom is -0.354 e. The fourth-order valence-electron chi connectivity index (χ4n) is 4.90. The Hall–Kier alpha value is -2.66. The molecular weight excluding hydrogens is 384 g/mol. The lowest BCUT2D eigenvalue weighted by Crippen LogP contribution is -2.43. The first-order chi connectivity index (χ1) is 14.9. The number of piperidine rings is 1. The van der Waals surface area contributed by atoms with E-state index in [2.05, 4.69) is 54.1 Å². The van der Waals surface area contributed by atoms with Gasteiger partial charge in [-0.15, -0.1) is 0 Å². The quantitative estimate of drug-likeness (QED) is 0.615. The maximum atomic E-state index is 13.2. The van der Waals surface area contributed by atoms with Crippen LogP contribution in [0.2, 0.25) is 0 Å². The smallest absolute Gasteiger partial charge is 0.229 e. The van der Waals surface area contributed by atoms with E-state index in [-0.39, 0.29) is 11.8 Å². The van der Waals surface area contributed by atoms with Crippen molar-refractivity contribution >= 4 is 16.8 Å². The van der Waals surface area contributed by atoms with Gasteiger partial charge in [0.1, 0.15) is 0 Å². The summed E-state index contributed by atoms with van der Waals surface area (Å²) in [6, 6.07) is 10.6. The number of aryl methyl sites for hydroxylation is 1. The number of nitrogens with one attached hydrogen (secondary N) is 1. The molecule has 1 saturated heterocycles. The van der Waals surface area contributed by atoms with E-state index < -0.39 is 0 Å². The fourth-order valence-corrected chi connectivity index (χ4v) is 4.90. The molecule has 2 atom stereocenters. The lowest BCUT2D eigenvalue weighted by Gasteiger charge is -2.34. The number of nitrogens with zero attached hydrogens (tertiary/aromatic N) is 2. The van der Waals surface area contributed by atoms with Crippen molar-refractivity contribution in [3.8, 4) is 11.3 Å². The van der Waals surface area contributed by atoms with Crippen LogP contribution in [0.5, 0.6) is 0 Å². The molecule has 0 radical (unpaired) electrons. The summed E-state index contributed by atoms with van der Waals surface area (Å²) in [5, 5.41) is 1.20. The Balaban J connectivity index is 1.70. The molecule has 3 N–H and O–H groups in total. The first-order valence-electron chi connectivity index (χ1n) is 11.5. The van der Waals surface area contributed by atoms with E-state index in [1.807, 2.05) is 24.9 Å². The molecule has 2 aromatic heterocycles. The summed E-state index contributed by atoms with van der Waals surface area (Å²) < 4.78 is 0. The number of aromatic nitrogens is 2. The standard InChI is InChI=1S/C26H34N4O/c1-16(2)24-22-13-20(18(4)26(31)30-11-5-6-19(14-27)15-30)7-8-23(22)29-25(24)21-9-10-28-17(3)12-21/h7-10,12-13,16,18-19,29H,5-6,11,14-15,27H2,1-4H3. The number of nitrogens with two attached hydrogens (primary N) is 1. The van der Waals surface area contributed by atoms with Crippen molar-refractivity contribution in [3.63, 3.8) is 0 Å². The van der Waals surface area contributed by atoms with Crippen LogP contribution in [0.4, 0.5) is 0 Å². The largest absolute Gasteiger partial charge is 0.354 e. The second kappa shape index (κ2) is 8.83. The van der Waals surface area contributed by atoms with Crippen LogP contribution < -0.4 is 5.73 Å². The van der Waals surface area contributed by atoms with Gasteiger partial charge in [-0.3, -0.25) is 9.78 Å². The number of hydrogen-bond acceptors (Lipinski definition) is 3. The zero-order valence-electron chi connectivity index (χ0n) is 19.1. The van der Waals surface area contributed by atoms with Gasteiger partial charge in [-0.25, -0.2) is 0 Å². The molecule has 31 heavy (non-hydrogen) atoms. The van der Waals surface area contributed by atoms with E-state index in [9.17, 15) is 4.79 Å². The maximum Gasteiger partial charge on any atom is 0.229 e. The second-order valence-electron chi connectivity index (χ2n) is 9.31. The van der Waals surface area contributed by atoms with Crippen molar-refractivity contribution in [3.05, 3.63) is 53.3 Å². The Kier molecular flexibility index (Phi) is 6.15. The lowest BCUT2D eigenvalue weighted by atomic mass is 9.92. The number of aromatic amines is 1. The van der Waals surface area contributed by atoms with Crippen molar-refractivity contribution in [1.29, 1.82) is 0 Å². The zero-order valence-corrected chi connectivity index (χ0v) is 19.1. The SMILES string of the molecule is Cc1cc(-c2[nH]c3ccc(C(C)C(=O)N4CCCC(CN)C4)cc3c2C(C)C)ccn1. The van der Waals surface area contributed by atoms with Crippen LogP contribution in [-0.4, -0.2) is 40.4 Å². The molecule has 3 aromatic rings. The van der Waals surface area contributed by atoms with E-state index >= 15 is 0 Å². The monoisotopic (exact) mass is 418 g/mol. The normalized spacial score (nSPS) is 18.0. The molecule has 0 spiro atoms. The minimum atomic E-state index is -0.164.